The fourth-order valence-electron chi connectivity index (χ4n) is 1.67. The summed E-state index contributed by atoms with van der Waals surface area (Å²) in [4.78, 5) is 14.1. The van der Waals surface area contributed by atoms with Crippen molar-refractivity contribution in [3.63, 3.8) is 0 Å². The molecule has 2 heterocycles. The van der Waals surface area contributed by atoms with Gasteiger partial charge >= 0.3 is 0 Å². The monoisotopic (exact) mass is 201 g/mol. The maximum absolute atomic E-state index is 11.2. The van der Waals surface area contributed by atoms with E-state index >= 15 is 0 Å². The number of fused-ring (bicyclic) bond motifs is 3. The fraction of sp³-hybridized carbons (Fsp3) is 0. The van der Waals surface area contributed by atoms with E-state index in [4.69, 9.17) is 0 Å². The van der Waals surface area contributed by atoms with Crippen molar-refractivity contribution in [1.29, 1.82) is 0 Å². The van der Waals surface area contributed by atoms with Crippen molar-refractivity contribution < 1.29 is 0 Å². The molecule has 0 spiro atoms. The largest absolute Gasteiger partial charge is 0.321 e. The van der Waals surface area contributed by atoms with E-state index in [9.17, 15) is 4.79 Å². The molecule has 2 nitrogen and oxygen atoms in total. The summed E-state index contributed by atoms with van der Waals surface area (Å²) in [5, 5.41) is 4.25. The van der Waals surface area contributed by atoms with Crippen LogP contribution in [0.3, 0.4) is 0 Å². The molecule has 0 atom stereocenters. The van der Waals surface area contributed by atoms with E-state index in [1.807, 2.05) is 23.6 Å². The number of benzene rings is 1. The predicted molar refractivity (Wildman–Crippen MR) is 60.0 cm³/mol. The minimum absolute atomic E-state index is 0.0452. The van der Waals surface area contributed by atoms with Crippen LogP contribution in [0.15, 0.2) is 40.5 Å². The van der Waals surface area contributed by atoms with E-state index in [0.717, 1.165) is 16.3 Å². The summed E-state index contributed by atoms with van der Waals surface area (Å²) in [5.41, 5.74) is 0.896. The normalized spacial score (nSPS) is 11.1. The van der Waals surface area contributed by atoms with Gasteiger partial charge in [0.15, 0.2) is 0 Å². The first kappa shape index (κ1) is 7.76. The van der Waals surface area contributed by atoms with Gasteiger partial charge < -0.3 is 4.98 Å². The van der Waals surface area contributed by atoms with Crippen LogP contribution < -0.4 is 5.56 Å². The van der Waals surface area contributed by atoms with Gasteiger partial charge in [0.2, 0.25) is 5.56 Å². The molecule has 14 heavy (non-hydrogen) atoms. The van der Waals surface area contributed by atoms with Gasteiger partial charge in [-0.1, -0.05) is 6.07 Å². The second kappa shape index (κ2) is 2.69. The van der Waals surface area contributed by atoms with Crippen molar-refractivity contribution in [2.24, 2.45) is 0 Å². The molecule has 0 saturated carbocycles. The lowest BCUT2D eigenvalue weighted by molar-refractivity contribution is 1.32. The van der Waals surface area contributed by atoms with Crippen LogP contribution in [0.4, 0.5) is 0 Å². The van der Waals surface area contributed by atoms with Crippen molar-refractivity contribution in [3.05, 3.63) is 46.1 Å². The molecule has 68 valence electrons. The number of H-pyrrole nitrogens is 1. The third-order valence-electron chi connectivity index (χ3n) is 2.33. The molecule has 0 radical (unpaired) electrons. The first-order valence-corrected chi connectivity index (χ1v) is 5.22. The molecule has 0 aliphatic rings. The van der Waals surface area contributed by atoms with Gasteiger partial charge in [-0.25, -0.2) is 0 Å². The predicted octanol–water partition coefficient (Wildman–Crippen LogP) is 2.74. The maximum Gasteiger partial charge on any atom is 0.248 e. The highest BCUT2D eigenvalue weighted by molar-refractivity contribution is 7.17. The zero-order chi connectivity index (χ0) is 9.54. The number of aromatic amines is 1. The Bertz CT molecular complexity index is 665. The van der Waals surface area contributed by atoms with Crippen LogP contribution in [0.25, 0.3) is 21.0 Å². The number of pyridine rings is 1. The van der Waals surface area contributed by atoms with Crippen molar-refractivity contribution in [2.75, 3.05) is 0 Å². The second-order valence-electron chi connectivity index (χ2n) is 3.18. The Kier molecular flexibility index (Phi) is 1.49. The van der Waals surface area contributed by atoms with Crippen LogP contribution in [0.5, 0.6) is 0 Å². The fourth-order valence-corrected chi connectivity index (χ4v) is 2.46. The van der Waals surface area contributed by atoms with E-state index in [-0.39, 0.29) is 5.56 Å². The van der Waals surface area contributed by atoms with E-state index in [1.54, 1.807) is 17.4 Å². The minimum atomic E-state index is -0.0452. The summed E-state index contributed by atoms with van der Waals surface area (Å²) in [6.07, 6.45) is 0. The number of hydrogen-bond donors (Lipinski definition) is 1. The first-order chi connectivity index (χ1) is 6.84. The molecule has 3 rings (SSSR count). The van der Waals surface area contributed by atoms with Crippen molar-refractivity contribution in [3.8, 4) is 0 Å². The zero-order valence-corrected chi connectivity index (χ0v) is 8.10. The van der Waals surface area contributed by atoms with Crippen molar-refractivity contribution >= 4 is 32.3 Å². The van der Waals surface area contributed by atoms with Crippen molar-refractivity contribution in [1.82, 2.24) is 4.98 Å². The highest BCUT2D eigenvalue weighted by Gasteiger charge is 2.01. The first-order valence-electron chi connectivity index (χ1n) is 4.34. The van der Waals surface area contributed by atoms with Crippen LogP contribution in [0.1, 0.15) is 0 Å². The lowest BCUT2D eigenvalue weighted by Gasteiger charge is -1.97. The van der Waals surface area contributed by atoms with Gasteiger partial charge in [-0.3, -0.25) is 4.79 Å². The number of aromatic nitrogens is 1. The molecule has 0 saturated heterocycles. The van der Waals surface area contributed by atoms with Crippen LogP contribution in [0, 0.1) is 0 Å². The highest BCUT2D eigenvalue weighted by Crippen LogP contribution is 2.26. The Labute approximate surface area is 83.8 Å². The zero-order valence-electron chi connectivity index (χ0n) is 7.28. The van der Waals surface area contributed by atoms with Gasteiger partial charge in [0.05, 0.1) is 5.52 Å². The molecular formula is C11H7NOS. The Morgan fingerprint density at radius 2 is 1.93 bits per heavy atom. The molecule has 0 fully saturated rings. The van der Waals surface area contributed by atoms with Gasteiger partial charge in [-0.2, -0.15) is 0 Å². The van der Waals surface area contributed by atoms with Gasteiger partial charge in [0.1, 0.15) is 0 Å². The smallest absolute Gasteiger partial charge is 0.248 e. The molecule has 1 N–H and O–H groups in total. The maximum atomic E-state index is 11.2. The third kappa shape index (κ3) is 0.992. The topological polar surface area (TPSA) is 32.9 Å². The average Bonchev–Trinajstić information content (AvgIpc) is 2.65. The molecule has 3 heteroatoms. The standard InChI is InChI=1S/C11H7NOS/c13-10-4-2-7-1-3-9-8(5-6-14-9)11(7)12-10/h1-6H,(H,12,13). The van der Waals surface area contributed by atoms with Gasteiger partial charge in [-0.05, 0) is 29.0 Å². The summed E-state index contributed by atoms with van der Waals surface area (Å²) in [6.45, 7) is 0. The number of hydrogen-bond acceptors (Lipinski definition) is 2. The second-order valence-corrected chi connectivity index (χ2v) is 4.13. The van der Waals surface area contributed by atoms with E-state index in [2.05, 4.69) is 11.1 Å². The van der Waals surface area contributed by atoms with Crippen LogP contribution in [-0.4, -0.2) is 4.98 Å². The van der Waals surface area contributed by atoms with E-state index in [1.165, 1.54) is 4.70 Å². The summed E-state index contributed by atoms with van der Waals surface area (Å²) in [6, 6.07) is 9.56. The molecule has 0 bridgehead atoms. The molecule has 0 aliphatic carbocycles. The average molecular weight is 201 g/mol. The molecule has 0 aliphatic heterocycles. The Morgan fingerprint density at radius 1 is 1.07 bits per heavy atom. The Morgan fingerprint density at radius 3 is 2.86 bits per heavy atom. The van der Waals surface area contributed by atoms with Gasteiger partial charge in [0.25, 0.3) is 0 Å². The Balaban J connectivity index is 2.66. The highest BCUT2D eigenvalue weighted by atomic mass is 32.1. The van der Waals surface area contributed by atoms with E-state index in [0.29, 0.717) is 0 Å². The quantitative estimate of drug-likeness (QED) is 0.596. The van der Waals surface area contributed by atoms with Crippen molar-refractivity contribution in [2.45, 2.75) is 0 Å². The lowest BCUT2D eigenvalue weighted by Crippen LogP contribution is -2.02. The summed E-state index contributed by atoms with van der Waals surface area (Å²) >= 11 is 1.69. The molecule has 1 aromatic carbocycles. The molecule has 0 amide bonds. The van der Waals surface area contributed by atoms with Gasteiger partial charge in [-0.15, -0.1) is 11.3 Å². The van der Waals surface area contributed by atoms with Crippen LogP contribution in [-0.2, 0) is 0 Å². The SMILES string of the molecule is O=c1ccc2ccc3sccc3c2[nH]1. The van der Waals surface area contributed by atoms with Crippen LogP contribution in [0.2, 0.25) is 0 Å². The van der Waals surface area contributed by atoms with Gasteiger partial charge in [0, 0.05) is 16.2 Å². The molecule has 3 aromatic rings. The van der Waals surface area contributed by atoms with Crippen LogP contribution >= 0.6 is 11.3 Å². The number of rotatable bonds is 0. The minimum Gasteiger partial charge on any atom is -0.321 e. The Hall–Kier alpha value is -1.61. The summed E-state index contributed by atoms with van der Waals surface area (Å²) < 4.78 is 1.21. The molecule has 2 aromatic heterocycles. The summed E-state index contributed by atoms with van der Waals surface area (Å²) in [5.74, 6) is 0. The lowest BCUT2D eigenvalue weighted by atomic mass is 10.1. The molecular weight excluding hydrogens is 194 g/mol. The van der Waals surface area contributed by atoms with E-state index < -0.39 is 0 Å². The summed E-state index contributed by atoms with van der Waals surface area (Å²) in [7, 11) is 0. The third-order valence-corrected chi connectivity index (χ3v) is 3.21. The number of nitrogens with one attached hydrogen (secondary N) is 1. The number of thiophene rings is 1. The molecule has 0 unspecified atom stereocenters.